The van der Waals surface area contributed by atoms with Gasteiger partial charge in [-0.15, -0.1) is 0 Å². The Kier molecular flexibility index (Phi) is 6.02. The fraction of sp³-hybridized carbons (Fsp3) is 0.235. The number of amides is 1. The standard InChI is InChI=1S/C17H15Cl2FN2O4S/c18-13-3-1-2-12(16(13)19)17(23)21-11-4-5-14(20)15(10-11)27(24,25)22-6-8-26-9-7-22/h1-5,10H,6-9H2,(H,21,23). The summed E-state index contributed by atoms with van der Waals surface area (Å²) in [4.78, 5) is 11.9. The van der Waals surface area contributed by atoms with E-state index in [2.05, 4.69) is 5.32 Å². The molecule has 1 amide bonds. The maximum absolute atomic E-state index is 14.2. The SMILES string of the molecule is O=C(Nc1ccc(F)c(S(=O)(=O)N2CCOCC2)c1)c1cccc(Cl)c1Cl. The smallest absolute Gasteiger partial charge is 0.257 e. The zero-order chi connectivity index (χ0) is 19.6. The van der Waals surface area contributed by atoms with Gasteiger partial charge in [0.2, 0.25) is 10.0 Å². The minimum Gasteiger partial charge on any atom is -0.379 e. The van der Waals surface area contributed by atoms with Gasteiger partial charge in [0.1, 0.15) is 10.7 Å². The van der Waals surface area contributed by atoms with Crippen LogP contribution in [0, 0.1) is 5.82 Å². The number of nitrogens with one attached hydrogen (secondary N) is 1. The highest BCUT2D eigenvalue weighted by molar-refractivity contribution is 7.89. The first-order valence-electron chi connectivity index (χ1n) is 7.93. The normalized spacial score (nSPS) is 15.5. The third-order valence-electron chi connectivity index (χ3n) is 3.97. The Hall–Kier alpha value is -1.71. The minimum atomic E-state index is -4.05. The number of ether oxygens (including phenoxy) is 1. The number of benzene rings is 2. The van der Waals surface area contributed by atoms with Crippen molar-refractivity contribution < 1.29 is 22.3 Å². The summed E-state index contributed by atoms with van der Waals surface area (Å²) in [5.74, 6) is -1.50. The Morgan fingerprint density at radius 3 is 2.56 bits per heavy atom. The molecule has 1 heterocycles. The molecule has 0 aliphatic carbocycles. The van der Waals surface area contributed by atoms with Gasteiger partial charge in [-0.1, -0.05) is 29.3 Å². The summed E-state index contributed by atoms with van der Waals surface area (Å²) in [6.07, 6.45) is 0. The van der Waals surface area contributed by atoms with E-state index in [0.29, 0.717) is 0 Å². The summed E-state index contributed by atoms with van der Waals surface area (Å²) < 4.78 is 45.9. The number of halogens is 3. The van der Waals surface area contributed by atoms with Crippen molar-refractivity contribution in [3.8, 4) is 0 Å². The van der Waals surface area contributed by atoms with Gasteiger partial charge in [-0.3, -0.25) is 4.79 Å². The Bertz CT molecular complexity index is 979. The van der Waals surface area contributed by atoms with E-state index in [1.54, 1.807) is 6.07 Å². The molecule has 0 aromatic heterocycles. The maximum Gasteiger partial charge on any atom is 0.257 e. The predicted octanol–water partition coefficient (Wildman–Crippen LogP) is 3.41. The van der Waals surface area contributed by atoms with E-state index < -0.39 is 26.6 Å². The Morgan fingerprint density at radius 2 is 1.85 bits per heavy atom. The highest BCUT2D eigenvalue weighted by atomic mass is 35.5. The molecule has 2 aromatic rings. The van der Waals surface area contributed by atoms with Crippen molar-refractivity contribution in [2.24, 2.45) is 0 Å². The molecule has 2 aromatic carbocycles. The summed E-state index contributed by atoms with van der Waals surface area (Å²) in [6, 6.07) is 7.90. The molecular weight excluding hydrogens is 418 g/mol. The molecule has 0 spiro atoms. The topological polar surface area (TPSA) is 75.7 Å². The van der Waals surface area contributed by atoms with Gasteiger partial charge in [-0.25, -0.2) is 12.8 Å². The number of carbonyl (C=O) groups is 1. The predicted molar refractivity (Wildman–Crippen MR) is 100 cm³/mol. The Morgan fingerprint density at radius 1 is 1.15 bits per heavy atom. The quantitative estimate of drug-likeness (QED) is 0.802. The zero-order valence-electron chi connectivity index (χ0n) is 13.9. The van der Waals surface area contributed by atoms with Crippen LogP contribution in [0.25, 0.3) is 0 Å². The van der Waals surface area contributed by atoms with E-state index in [-0.39, 0.29) is 47.6 Å². The van der Waals surface area contributed by atoms with Gasteiger partial charge < -0.3 is 10.1 Å². The van der Waals surface area contributed by atoms with Crippen molar-refractivity contribution in [3.05, 3.63) is 57.8 Å². The van der Waals surface area contributed by atoms with Crippen LogP contribution in [0.3, 0.4) is 0 Å². The number of morpholine rings is 1. The van der Waals surface area contributed by atoms with Crippen molar-refractivity contribution >= 4 is 44.8 Å². The molecule has 1 saturated heterocycles. The minimum absolute atomic E-state index is 0.0694. The molecule has 144 valence electrons. The molecule has 10 heteroatoms. The van der Waals surface area contributed by atoms with Crippen LogP contribution in [0.4, 0.5) is 10.1 Å². The third-order valence-corrected chi connectivity index (χ3v) is 6.71. The van der Waals surface area contributed by atoms with Gasteiger partial charge in [0.25, 0.3) is 5.91 Å². The molecule has 0 unspecified atom stereocenters. The highest BCUT2D eigenvalue weighted by Crippen LogP contribution is 2.27. The summed E-state index contributed by atoms with van der Waals surface area (Å²) >= 11 is 11.9. The van der Waals surface area contributed by atoms with Crippen LogP contribution < -0.4 is 5.32 Å². The molecule has 1 aliphatic rings. The molecule has 0 bridgehead atoms. The van der Waals surface area contributed by atoms with E-state index >= 15 is 0 Å². The van der Waals surface area contributed by atoms with E-state index in [1.165, 1.54) is 18.2 Å². The average Bonchev–Trinajstić information content (AvgIpc) is 2.66. The van der Waals surface area contributed by atoms with Crippen LogP contribution in [0.15, 0.2) is 41.3 Å². The average molecular weight is 433 g/mol. The van der Waals surface area contributed by atoms with Crippen LogP contribution in [-0.4, -0.2) is 44.9 Å². The van der Waals surface area contributed by atoms with Crippen molar-refractivity contribution in [2.75, 3.05) is 31.6 Å². The molecule has 3 rings (SSSR count). The number of carbonyl (C=O) groups excluding carboxylic acids is 1. The van der Waals surface area contributed by atoms with Crippen LogP contribution in [-0.2, 0) is 14.8 Å². The van der Waals surface area contributed by atoms with Gasteiger partial charge >= 0.3 is 0 Å². The molecule has 27 heavy (non-hydrogen) atoms. The van der Waals surface area contributed by atoms with Crippen molar-refractivity contribution in [1.29, 1.82) is 0 Å². The van der Waals surface area contributed by atoms with Crippen LogP contribution in [0.5, 0.6) is 0 Å². The zero-order valence-corrected chi connectivity index (χ0v) is 16.2. The van der Waals surface area contributed by atoms with Crippen LogP contribution >= 0.6 is 23.2 Å². The number of sulfonamides is 1. The Labute approximate surface area is 165 Å². The van der Waals surface area contributed by atoms with E-state index in [1.807, 2.05) is 0 Å². The van der Waals surface area contributed by atoms with Gasteiger partial charge in [0.15, 0.2) is 0 Å². The van der Waals surface area contributed by atoms with Crippen LogP contribution in [0.1, 0.15) is 10.4 Å². The number of anilines is 1. The van der Waals surface area contributed by atoms with Crippen molar-refractivity contribution in [3.63, 3.8) is 0 Å². The van der Waals surface area contributed by atoms with E-state index in [4.69, 9.17) is 27.9 Å². The van der Waals surface area contributed by atoms with Gasteiger partial charge in [-0.2, -0.15) is 4.31 Å². The molecule has 0 atom stereocenters. The molecule has 0 radical (unpaired) electrons. The lowest BCUT2D eigenvalue weighted by atomic mass is 10.2. The number of rotatable bonds is 4. The lowest BCUT2D eigenvalue weighted by molar-refractivity contribution is 0.0729. The first-order valence-corrected chi connectivity index (χ1v) is 10.1. The maximum atomic E-state index is 14.2. The van der Waals surface area contributed by atoms with Crippen LogP contribution in [0.2, 0.25) is 10.0 Å². The summed E-state index contributed by atoms with van der Waals surface area (Å²) in [6.45, 7) is 0.752. The Balaban J connectivity index is 1.89. The molecule has 1 N–H and O–H groups in total. The first kappa shape index (κ1) is 20.0. The molecule has 6 nitrogen and oxygen atoms in total. The lowest BCUT2D eigenvalue weighted by Gasteiger charge is -2.26. The van der Waals surface area contributed by atoms with E-state index in [9.17, 15) is 17.6 Å². The summed E-state index contributed by atoms with van der Waals surface area (Å²) in [7, 11) is -4.05. The van der Waals surface area contributed by atoms with E-state index in [0.717, 1.165) is 16.4 Å². The number of nitrogens with zero attached hydrogens (tertiary/aromatic N) is 1. The largest absolute Gasteiger partial charge is 0.379 e. The van der Waals surface area contributed by atoms with Crippen molar-refractivity contribution in [1.82, 2.24) is 4.31 Å². The monoisotopic (exact) mass is 432 g/mol. The highest BCUT2D eigenvalue weighted by Gasteiger charge is 2.29. The van der Waals surface area contributed by atoms with Gasteiger partial charge in [0, 0.05) is 18.8 Å². The fourth-order valence-corrected chi connectivity index (χ4v) is 4.47. The number of hydrogen-bond donors (Lipinski definition) is 1. The summed E-state index contributed by atoms with van der Waals surface area (Å²) in [5, 5.41) is 2.79. The van der Waals surface area contributed by atoms with Gasteiger partial charge in [0.05, 0.1) is 28.8 Å². The third kappa shape index (κ3) is 4.25. The second-order valence-electron chi connectivity index (χ2n) is 5.72. The first-order chi connectivity index (χ1) is 12.8. The lowest BCUT2D eigenvalue weighted by Crippen LogP contribution is -2.40. The second kappa shape index (κ2) is 8.12. The second-order valence-corrected chi connectivity index (χ2v) is 8.41. The fourth-order valence-electron chi connectivity index (χ4n) is 2.58. The molecule has 1 fully saturated rings. The molecular formula is C17H15Cl2FN2O4S. The van der Waals surface area contributed by atoms with Gasteiger partial charge in [-0.05, 0) is 30.3 Å². The number of hydrogen-bond acceptors (Lipinski definition) is 4. The molecule has 1 aliphatic heterocycles. The van der Waals surface area contributed by atoms with Crippen molar-refractivity contribution in [2.45, 2.75) is 4.90 Å². The summed E-state index contributed by atoms with van der Waals surface area (Å²) in [5.41, 5.74) is 0.232. The molecule has 0 saturated carbocycles.